The summed E-state index contributed by atoms with van der Waals surface area (Å²) in [5.41, 5.74) is -1.79. The van der Waals surface area contributed by atoms with Crippen LogP contribution < -0.4 is 0 Å². The number of aliphatic carboxylic acids is 2. The standard InChI is InChI=1S/C14H14N2O5/c1-8-3-2-4-15-9(8)10(17)16-6-13(11(18)19)5-14(13,7-16)12(20)21/h2-4H,5-7H2,1H3,(H,18,19)(H,20,21)/t13-,14+. The Morgan fingerprint density at radius 2 is 1.76 bits per heavy atom. The molecule has 1 aliphatic carbocycles. The maximum Gasteiger partial charge on any atom is 0.312 e. The third kappa shape index (κ3) is 1.60. The van der Waals surface area contributed by atoms with Gasteiger partial charge in [-0.25, -0.2) is 0 Å². The Hall–Kier alpha value is -2.44. The number of rotatable bonds is 3. The summed E-state index contributed by atoms with van der Waals surface area (Å²) in [5.74, 6) is -2.72. The van der Waals surface area contributed by atoms with Crippen molar-refractivity contribution in [3.05, 3.63) is 29.6 Å². The first kappa shape index (κ1) is 13.5. The van der Waals surface area contributed by atoms with E-state index in [4.69, 9.17) is 0 Å². The molecule has 1 aromatic rings. The molecule has 2 fully saturated rings. The largest absolute Gasteiger partial charge is 0.481 e. The lowest BCUT2D eigenvalue weighted by molar-refractivity contribution is -0.151. The van der Waals surface area contributed by atoms with E-state index in [1.807, 2.05) is 0 Å². The van der Waals surface area contributed by atoms with Crippen LogP contribution in [0.2, 0.25) is 0 Å². The molecular weight excluding hydrogens is 276 g/mol. The van der Waals surface area contributed by atoms with E-state index in [-0.39, 0.29) is 25.2 Å². The Morgan fingerprint density at radius 1 is 1.19 bits per heavy atom. The number of piperidine rings is 1. The fraction of sp³-hybridized carbons (Fsp3) is 0.429. The summed E-state index contributed by atoms with van der Waals surface area (Å²) in [6, 6.07) is 3.43. The van der Waals surface area contributed by atoms with Gasteiger partial charge in [0.15, 0.2) is 0 Å². The van der Waals surface area contributed by atoms with Gasteiger partial charge in [-0.3, -0.25) is 19.4 Å². The maximum absolute atomic E-state index is 12.4. The van der Waals surface area contributed by atoms with Crippen LogP contribution in [0.5, 0.6) is 0 Å². The lowest BCUT2D eigenvalue weighted by atomic mass is 9.97. The van der Waals surface area contributed by atoms with Crippen LogP contribution >= 0.6 is 0 Å². The molecule has 0 radical (unpaired) electrons. The van der Waals surface area contributed by atoms with Crippen LogP contribution in [-0.2, 0) is 9.59 Å². The predicted octanol–water partition coefficient (Wildman–Crippen LogP) is 0.392. The smallest absolute Gasteiger partial charge is 0.312 e. The molecule has 1 aliphatic heterocycles. The minimum atomic E-state index is -1.35. The van der Waals surface area contributed by atoms with E-state index in [1.165, 1.54) is 11.1 Å². The molecule has 0 aromatic carbocycles. The van der Waals surface area contributed by atoms with E-state index >= 15 is 0 Å². The molecule has 110 valence electrons. The number of aromatic nitrogens is 1. The van der Waals surface area contributed by atoms with Crippen molar-refractivity contribution in [1.29, 1.82) is 0 Å². The van der Waals surface area contributed by atoms with Crippen molar-refractivity contribution in [1.82, 2.24) is 9.88 Å². The fourth-order valence-electron chi connectivity index (χ4n) is 3.29. The summed E-state index contributed by atoms with van der Waals surface area (Å²) >= 11 is 0. The minimum absolute atomic E-state index is 0.0790. The van der Waals surface area contributed by atoms with Crippen LogP contribution in [0.25, 0.3) is 0 Å². The van der Waals surface area contributed by atoms with Crippen molar-refractivity contribution in [3.63, 3.8) is 0 Å². The summed E-state index contributed by atoms with van der Waals surface area (Å²) in [6.07, 6.45) is 1.56. The molecule has 2 atom stereocenters. The zero-order chi connectivity index (χ0) is 15.4. The Morgan fingerprint density at radius 3 is 2.24 bits per heavy atom. The van der Waals surface area contributed by atoms with Gasteiger partial charge in [-0.15, -0.1) is 0 Å². The zero-order valence-electron chi connectivity index (χ0n) is 11.4. The molecule has 0 spiro atoms. The second-order valence-electron chi connectivity index (χ2n) is 5.78. The fourth-order valence-corrected chi connectivity index (χ4v) is 3.29. The molecule has 2 aliphatic rings. The zero-order valence-corrected chi connectivity index (χ0v) is 11.4. The lowest BCUT2D eigenvalue weighted by Crippen LogP contribution is -2.35. The molecule has 1 saturated heterocycles. The summed E-state index contributed by atoms with van der Waals surface area (Å²) < 4.78 is 0. The Labute approximate surface area is 120 Å². The van der Waals surface area contributed by atoms with Crippen LogP contribution in [0.1, 0.15) is 22.5 Å². The molecule has 21 heavy (non-hydrogen) atoms. The molecule has 0 unspecified atom stereocenters. The highest BCUT2D eigenvalue weighted by Crippen LogP contribution is 2.68. The molecule has 7 nitrogen and oxygen atoms in total. The number of likely N-dealkylation sites (tertiary alicyclic amines) is 1. The van der Waals surface area contributed by atoms with E-state index in [9.17, 15) is 24.6 Å². The van der Waals surface area contributed by atoms with Crippen molar-refractivity contribution in [2.24, 2.45) is 10.8 Å². The number of carbonyl (C=O) groups excluding carboxylic acids is 1. The first-order chi connectivity index (χ1) is 9.84. The minimum Gasteiger partial charge on any atom is -0.481 e. The highest BCUT2D eigenvalue weighted by atomic mass is 16.4. The quantitative estimate of drug-likeness (QED) is 0.833. The number of hydrogen-bond donors (Lipinski definition) is 2. The van der Waals surface area contributed by atoms with E-state index < -0.39 is 28.7 Å². The number of amides is 1. The Balaban J connectivity index is 1.91. The monoisotopic (exact) mass is 290 g/mol. The molecular formula is C14H14N2O5. The molecule has 1 saturated carbocycles. The maximum atomic E-state index is 12.4. The van der Waals surface area contributed by atoms with E-state index in [0.29, 0.717) is 5.56 Å². The normalized spacial score (nSPS) is 29.9. The molecule has 1 amide bonds. The summed E-state index contributed by atoms with van der Waals surface area (Å²) in [7, 11) is 0. The number of nitrogens with zero attached hydrogens (tertiary/aromatic N) is 2. The van der Waals surface area contributed by atoms with Gasteiger partial charge in [-0.2, -0.15) is 0 Å². The van der Waals surface area contributed by atoms with Crippen LogP contribution in [-0.4, -0.2) is 51.0 Å². The molecule has 2 N–H and O–H groups in total. The van der Waals surface area contributed by atoms with Crippen molar-refractivity contribution in [3.8, 4) is 0 Å². The van der Waals surface area contributed by atoms with Gasteiger partial charge < -0.3 is 15.1 Å². The molecule has 2 heterocycles. The number of carboxylic acid groups (broad SMARTS) is 2. The highest BCUT2D eigenvalue weighted by molar-refractivity contribution is 5.99. The van der Waals surface area contributed by atoms with E-state index in [1.54, 1.807) is 19.1 Å². The average Bonchev–Trinajstić information content (AvgIpc) is 2.98. The van der Waals surface area contributed by atoms with Crippen LogP contribution in [0.15, 0.2) is 18.3 Å². The highest BCUT2D eigenvalue weighted by Gasteiger charge is 2.81. The molecule has 3 rings (SSSR count). The van der Waals surface area contributed by atoms with Crippen molar-refractivity contribution < 1.29 is 24.6 Å². The van der Waals surface area contributed by atoms with Gasteiger partial charge in [0.2, 0.25) is 0 Å². The van der Waals surface area contributed by atoms with E-state index in [0.717, 1.165) is 0 Å². The van der Waals surface area contributed by atoms with Crippen LogP contribution in [0.3, 0.4) is 0 Å². The number of carboxylic acids is 2. The molecule has 0 bridgehead atoms. The third-order valence-electron chi connectivity index (χ3n) is 4.63. The summed E-state index contributed by atoms with van der Waals surface area (Å²) in [4.78, 5) is 40.6. The Kier molecular flexibility index (Phi) is 2.60. The van der Waals surface area contributed by atoms with Gasteiger partial charge in [0, 0.05) is 19.3 Å². The van der Waals surface area contributed by atoms with Crippen LogP contribution in [0.4, 0.5) is 0 Å². The number of fused-ring (bicyclic) bond motifs is 1. The number of hydrogen-bond acceptors (Lipinski definition) is 4. The van der Waals surface area contributed by atoms with Gasteiger partial charge in [0.1, 0.15) is 16.5 Å². The topological polar surface area (TPSA) is 108 Å². The summed E-state index contributed by atoms with van der Waals surface area (Å²) in [6.45, 7) is 1.57. The number of carbonyl (C=O) groups is 3. The van der Waals surface area contributed by atoms with Crippen molar-refractivity contribution >= 4 is 17.8 Å². The number of pyridine rings is 1. The van der Waals surface area contributed by atoms with Gasteiger partial charge in [0.05, 0.1) is 0 Å². The average molecular weight is 290 g/mol. The first-order valence-electron chi connectivity index (χ1n) is 6.52. The predicted molar refractivity (Wildman–Crippen MR) is 69.6 cm³/mol. The number of aryl methyl sites for hydroxylation is 1. The Bertz CT molecular complexity index is 645. The van der Waals surface area contributed by atoms with Gasteiger partial charge in [0.25, 0.3) is 5.91 Å². The van der Waals surface area contributed by atoms with Gasteiger partial charge >= 0.3 is 11.9 Å². The van der Waals surface area contributed by atoms with Crippen molar-refractivity contribution in [2.75, 3.05) is 13.1 Å². The lowest BCUT2D eigenvalue weighted by Gasteiger charge is -2.20. The summed E-state index contributed by atoms with van der Waals surface area (Å²) in [5, 5.41) is 18.7. The van der Waals surface area contributed by atoms with Gasteiger partial charge in [-0.1, -0.05) is 6.07 Å². The second kappa shape index (κ2) is 4.03. The second-order valence-corrected chi connectivity index (χ2v) is 5.78. The van der Waals surface area contributed by atoms with Crippen LogP contribution in [0, 0.1) is 17.8 Å². The SMILES string of the molecule is Cc1cccnc1C(=O)N1C[C@@]2(C(=O)O)C[C@@]2(C(=O)O)C1. The van der Waals surface area contributed by atoms with Gasteiger partial charge in [-0.05, 0) is 25.0 Å². The third-order valence-corrected chi connectivity index (χ3v) is 4.63. The first-order valence-corrected chi connectivity index (χ1v) is 6.52. The molecule has 1 aromatic heterocycles. The molecule has 7 heteroatoms. The van der Waals surface area contributed by atoms with Crippen molar-refractivity contribution in [2.45, 2.75) is 13.3 Å². The van der Waals surface area contributed by atoms with E-state index in [2.05, 4.69) is 4.98 Å².